The summed E-state index contributed by atoms with van der Waals surface area (Å²) < 4.78 is 5.64. The number of urea groups is 1. The van der Waals surface area contributed by atoms with Crippen LogP contribution in [0.1, 0.15) is 37.4 Å². The lowest BCUT2D eigenvalue weighted by molar-refractivity contribution is -0.156. The van der Waals surface area contributed by atoms with Crippen LogP contribution >= 0.6 is 0 Å². The second kappa shape index (κ2) is 14.3. The van der Waals surface area contributed by atoms with E-state index in [0.717, 1.165) is 4.90 Å². The minimum Gasteiger partial charge on any atom is -0.481 e. The summed E-state index contributed by atoms with van der Waals surface area (Å²) in [6.45, 7) is 5.36. The summed E-state index contributed by atoms with van der Waals surface area (Å²) >= 11 is 0. The number of carboxylic acid groups (broad SMARTS) is 2. The fourth-order valence-corrected chi connectivity index (χ4v) is 5.01. The van der Waals surface area contributed by atoms with Gasteiger partial charge in [0.2, 0.25) is 0 Å². The number of hydrogen-bond acceptors (Lipinski definition) is 6. The number of hydrogen-bond donors (Lipinski definition) is 3. The molecule has 0 aliphatic carbocycles. The molecule has 0 saturated carbocycles. The Morgan fingerprint density at radius 2 is 1.48 bits per heavy atom. The Hall–Kier alpha value is -4.12. The highest BCUT2D eigenvalue weighted by Gasteiger charge is 2.45. The molecule has 0 bridgehead atoms. The van der Waals surface area contributed by atoms with Crippen LogP contribution in [0.25, 0.3) is 0 Å². The summed E-state index contributed by atoms with van der Waals surface area (Å²) in [6, 6.07) is 14.8. The van der Waals surface area contributed by atoms with Crippen molar-refractivity contribution >= 4 is 24.1 Å². The summed E-state index contributed by atoms with van der Waals surface area (Å²) in [6.07, 6.45) is -0.871. The Morgan fingerprint density at radius 3 is 1.98 bits per heavy atom. The molecule has 3 rings (SSSR count). The third kappa shape index (κ3) is 8.19. The van der Waals surface area contributed by atoms with Gasteiger partial charge in [-0.25, -0.2) is 14.4 Å². The summed E-state index contributed by atoms with van der Waals surface area (Å²) in [5, 5.41) is 20.6. The van der Waals surface area contributed by atoms with Gasteiger partial charge in [-0.3, -0.25) is 14.6 Å². The SMILES string of the molecule is CC(C)CC(C(=O)O)[C@@H](C(=O)O)N(C(=O)OCc1ccccc1)C(CN1CCN(C(N)=O)CC1)c1ccccc1. The van der Waals surface area contributed by atoms with E-state index in [0.29, 0.717) is 37.3 Å². The Kier molecular flexibility index (Phi) is 10.9. The lowest BCUT2D eigenvalue weighted by Gasteiger charge is -2.42. The normalized spacial score (nSPS) is 16.1. The van der Waals surface area contributed by atoms with E-state index in [4.69, 9.17) is 10.5 Å². The first-order valence-electron chi connectivity index (χ1n) is 13.3. The number of rotatable bonds is 12. The van der Waals surface area contributed by atoms with Gasteiger partial charge in [-0.1, -0.05) is 74.5 Å². The summed E-state index contributed by atoms with van der Waals surface area (Å²) in [7, 11) is 0. The van der Waals surface area contributed by atoms with Crippen LogP contribution in [0.3, 0.4) is 0 Å². The van der Waals surface area contributed by atoms with E-state index in [9.17, 15) is 29.4 Å². The van der Waals surface area contributed by atoms with Gasteiger partial charge in [-0.15, -0.1) is 0 Å². The van der Waals surface area contributed by atoms with Crippen LogP contribution in [0.15, 0.2) is 60.7 Å². The maximum Gasteiger partial charge on any atom is 0.411 e. The van der Waals surface area contributed by atoms with Crippen LogP contribution in [0.5, 0.6) is 0 Å². The number of aliphatic carboxylic acids is 2. The van der Waals surface area contributed by atoms with Gasteiger partial charge in [-0.05, 0) is 23.5 Å². The first kappa shape index (κ1) is 30.4. The van der Waals surface area contributed by atoms with E-state index in [-0.39, 0.29) is 25.5 Å². The van der Waals surface area contributed by atoms with Gasteiger partial charge in [0.15, 0.2) is 0 Å². The highest BCUT2D eigenvalue weighted by atomic mass is 16.6. The van der Waals surface area contributed by atoms with Crippen LogP contribution in [0.4, 0.5) is 9.59 Å². The van der Waals surface area contributed by atoms with Crippen LogP contribution in [0.2, 0.25) is 0 Å². The molecule has 4 N–H and O–H groups in total. The number of ether oxygens (including phenoxy) is 1. The lowest BCUT2D eigenvalue weighted by atomic mass is 9.88. The molecule has 0 spiro atoms. The minimum absolute atomic E-state index is 0.0492. The molecule has 1 fully saturated rings. The number of benzene rings is 2. The molecule has 1 heterocycles. The first-order valence-corrected chi connectivity index (χ1v) is 13.3. The molecule has 2 aromatic rings. The lowest BCUT2D eigenvalue weighted by Crippen LogP contribution is -2.57. The number of carbonyl (C=O) groups is 4. The van der Waals surface area contributed by atoms with Crippen molar-refractivity contribution in [2.45, 2.75) is 39.0 Å². The zero-order valence-electron chi connectivity index (χ0n) is 22.9. The third-order valence-electron chi connectivity index (χ3n) is 7.03. The second-order valence-electron chi connectivity index (χ2n) is 10.4. The predicted octanol–water partition coefficient (Wildman–Crippen LogP) is 3.26. The quantitative estimate of drug-likeness (QED) is 0.361. The van der Waals surface area contributed by atoms with Crippen molar-refractivity contribution in [3.05, 3.63) is 71.8 Å². The predicted molar refractivity (Wildman–Crippen MR) is 147 cm³/mol. The average molecular weight is 555 g/mol. The zero-order valence-corrected chi connectivity index (χ0v) is 22.9. The summed E-state index contributed by atoms with van der Waals surface area (Å²) in [4.78, 5) is 55.3. The van der Waals surface area contributed by atoms with E-state index in [1.54, 1.807) is 68.4 Å². The van der Waals surface area contributed by atoms with E-state index in [2.05, 4.69) is 0 Å². The van der Waals surface area contributed by atoms with Crippen LogP contribution in [-0.2, 0) is 20.9 Å². The number of primary amides is 1. The topological polar surface area (TPSA) is 154 Å². The summed E-state index contributed by atoms with van der Waals surface area (Å²) in [5.41, 5.74) is 6.77. The molecule has 2 aromatic carbocycles. The van der Waals surface area contributed by atoms with Gasteiger partial charge in [0.1, 0.15) is 12.6 Å². The highest BCUT2D eigenvalue weighted by molar-refractivity contribution is 5.86. The molecule has 11 heteroatoms. The molecule has 3 atom stereocenters. The number of amides is 3. The number of nitrogens with two attached hydrogens (primary N) is 1. The van der Waals surface area contributed by atoms with E-state index < -0.39 is 42.1 Å². The van der Waals surface area contributed by atoms with E-state index >= 15 is 0 Å². The van der Waals surface area contributed by atoms with Crippen molar-refractivity contribution in [2.24, 2.45) is 17.6 Å². The van der Waals surface area contributed by atoms with Gasteiger partial charge in [0, 0.05) is 32.7 Å². The summed E-state index contributed by atoms with van der Waals surface area (Å²) in [5.74, 6) is -4.24. The van der Waals surface area contributed by atoms with Crippen molar-refractivity contribution in [3.63, 3.8) is 0 Å². The Bertz CT molecular complexity index is 1140. The Balaban J connectivity index is 2.04. The average Bonchev–Trinajstić information content (AvgIpc) is 2.93. The van der Waals surface area contributed by atoms with Gasteiger partial charge in [-0.2, -0.15) is 0 Å². The maximum absolute atomic E-state index is 13.8. The monoisotopic (exact) mass is 554 g/mol. The van der Waals surface area contributed by atoms with E-state index in [1.807, 2.05) is 11.0 Å². The fraction of sp³-hybridized carbons (Fsp3) is 0.448. The van der Waals surface area contributed by atoms with Crippen molar-refractivity contribution in [1.29, 1.82) is 0 Å². The number of carboxylic acids is 2. The van der Waals surface area contributed by atoms with Gasteiger partial charge in [0.05, 0.1) is 12.0 Å². The molecule has 1 aliphatic rings. The fourth-order valence-electron chi connectivity index (χ4n) is 5.01. The molecule has 1 aliphatic heterocycles. The smallest absolute Gasteiger partial charge is 0.411 e. The first-order chi connectivity index (χ1) is 19.1. The van der Waals surface area contributed by atoms with Gasteiger partial charge < -0.3 is 25.6 Å². The van der Waals surface area contributed by atoms with Crippen molar-refractivity contribution in [1.82, 2.24) is 14.7 Å². The molecule has 2 unspecified atom stereocenters. The molecule has 0 radical (unpaired) electrons. The Labute approximate surface area is 234 Å². The molecule has 3 amide bonds. The van der Waals surface area contributed by atoms with Gasteiger partial charge in [0.25, 0.3) is 0 Å². The van der Waals surface area contributed by atoms with Crippen LogP contribution in [-0.4, -0.2) is 87.7 Å². The number of nitrogens with zero attached hydrogens (tertiary/aromatic N) is 3. The largest absolute Gasteiger partial charge is 0.481 e. The maximum atomic E-state index is 13.8. The number of piperazine rings is 1. The minimum atomic E-state index is -1.69. The van der Waals surface area contributed by atoms with Crippen LogP contribution < -0.4 is 5.73 Å². The van der Waals surface area contributed by atoms with E-state index in [1.165, 1.54) is 4.90 Å². The highest BCUT2D eigenvalue weighted by Crippen LogP contribution is 2.31. The zero-order chi connectivity index (χ0) is 29.2. The van der Waals surface area contributed by atoms with Crippen LogP contribution in [0, 0.1) is 11.8 Å². The third-order valence-corrected chi connectivity index (χ3v) is 7.03. The molecule has 0 aromatic heterocycles. The van der Waals surface area contributed by atoms with Crippen molar-refractivity contribution in [3.8, 4) is 0 Å². The van der Waals surface area contributed by atoms with Crippen molar-refractivity contribution in [2.75, 3.05) is 32.7 Å². The molecule has 11 nitrogen and oxygen atoms in total. The standard InChI is InChI=1S/C29H38N4O7/c1-20(2)17-23(26(34)35)25(27(36)37)33(29(39)40-19-21-9-5-3-6-10-21)24(22-11-7-4-8-12-22)18-31-13-15-32(16-14-31)28(30)38/h3-12,20,23-25H,13-19H2,1-2H3,(H2,30,38)(H,34,35)(H,36,37)/t23?,24?,25-/m0/s1. The molecule has 216 valence electrons. The molecule has 40 heavy (non-hydrogen) atoms. The molecular formula is C29H38N4O7. The van der Waals surface area contributed by atoms with Gasteiger partial charge >= 0.3 is 24.1 Å². The van der Waals surface area contributed by atoms with Crippen molar-refractivity contribution < 1.29 is 34.1 Å². The molecule has 1 saturated heterocycles. The second-order valence-corrected chi connectivity index (χ2v) is 10.4. The number of carbonyl (C=O) groups excluding carboxylic acids is 2. The Morgan fingerprint density at radius 1 is 0.900 bits per heavy atom. The molecular weight excluding hydrogens is 516 g/mol.